The minimum atomic E-state index is -1.15. The molecule has 1 atom stereocenters. The second kappa shape index (κ2) is 6.38. The molecule has 2 N–H and O–H groups in total. The van der Waals surface area contributed by atoms with E-state index in [2.05, 4.69) is 10.6 Å². The summed E-state index contributed by atoms with van der Waals surface area (Å²) >= 11 is 0. The van der Waals surface area contributed by atoms with Gasteiger partial charge in [-0.2, -0.15) is 0 Å². The summed E-state index contributed by atoms with van der Waals surface area (Å²) in [6.45, 7) is 1.60. The van der Waals surface area contributed by atoms with Gasteiger partial charge in [0, 0.05) is 7.05 Å². The maximum Gasteiger partial charge on any atom is 0.255 e. The van der Waals surface area contributed by atoms with Gasteiger partial charge in [-0.15, -0.1) is 0 Å². The summed E-state index contributed by atoms with van der Waals surface area (Å²) in [4.78, 5) is 24.1. The predicted octanol–water partition coefficient (Wildman–Crippen LogP) is 2.08. The van der Waals surface area contributed by atoms with Gasteiger partial charge in [0.2, 0.25) is 5.91 Å². The van der Waals surface area contributed by atoms with Crippen molar-refractivity contribution >= 4 is 11.8 Å². The maximum atomic E-state index is 13.3. The Hall–Kier alpha value is -2.70. The van der Waals surface area contributed by atoms with Gasteiger partial charge in [-0.3, -0.25) is 9.59 Å². The fourth-order valence-corrected chi connectivity index (χ4v) is 1.97. The van der Waals surface area contributed by atoms with Crippen LogP contribution in [0, 0.1) is 18.6 Å². The quantitative estimate of drug-likeness (QED) is 0.908. The Morgan fingerprint density at radius 3 is 2.45 bits per heavy atom. The molecule has 1 heterocycles. The zero-order valence-electron chi connectivity index (χ0n) is 11.9. The highest BCUT2D eigenvalue weighted by atomic mass is 19.2. The molecule has 0 aliphatic rings. The number of likely N-dealkylation sites (N-methyl/N-ethyl adjacent to an activating group) is 1. The predicted molar refractivity (Wildman–Crippen MR) is 74.1 cm³/mol. The van der Waals surface area contributed by atoms with E-state index in [9.17, 15) is 18.4 Å². The summed E-state index contributed by atoms with van der Waals surface area (Å²) in [6.07, 6.45) is 1.34. The average molecular weight is 308 g/mol. The van der Waals surface area contributed by atoms with Crippen molar-refractivity contribution in [3.63, 3.8) is 0 Å². The molecule has 0 aliphatic carbocycles. The van der Waals surface area contributed by atoms with E-state index in [-0.39, 0.29) is 11.1 Å². The van der Waals surface area contributed by atoms with Crippen LogP contribution >= 0.6 is 0 Å². The van der Waals surface area contributed by atoms with Crippen LogP contribution in [0.15, 0.2) is 34.9 Å². The molecular formula is C15H14F2N2O3. The number of hydrogen-bond donors (Lipinski definition) is 2. The molecule has 7 heteroatoms. The summed E-state index contributed by atoms with van der Waals surface area (Å²) in [7, 11) is 1.38. The van der Waals surface area contributed by atoms with Crippen LogP contribution in [0.25, 0.3) is 0 Å². The molecule has 5 nitrogen and oxygen atoms in total. The normalized spacial score (nSPS) is 11.8. The molecule has 22 heavy (non-hydrogen) atoms. The van der Waals surface area contributed by atoms with Crippen molar-refractivity contribution in [2.45, 2.75) is 13.0 Å². The molecule has 2 amide bonds. The van der Waals surface area contributed by atoms with Gasteiger partial charge >= 0.3 is 0 Å². The molecule has 0 saturated carbocycles. The molecule has 0 bridgehead atoms. The van der Waals surface area contributed by atoms with Gasteiger partial charge in [0.1, 0.15) is 11.8 Å². The number of furan rings is 1. The number of amides is 2. The molecule has 1 aromatic heterocycles. The number of nitrogens with one attached hydrogen (secondary N) is 2. The average Bonchev–Trinajstić information content (AvgIpc) is 2.93. The van der Waals surface area contributed by atoms with Crippen molar-refractivity contribution in [2.75, 3.05) is 7.05 Å². The van der Waals surface area contributed by atoms with Gasteiger partial charge in [0.15, 0.2) is 11.6 Å². The Labute approximate surface area is 125 Å². The van der Waals surface area contributed by atoms with E-state index in [0.717, 1.165) is 12.1 Å². The Balaban J connectivity index is 2.31. The molecule has 2 rings (SSSR count). The number of halogens is 2. The van der Waals surface area contributed by atoms with Gasteiger partial charge in [0.05, 0.1) is 11.8 Å². The van der Waals surface area contributed by atoms with Gasteiger partial charge in [0.25, 0.3) is 5.91 Å². The molecule has 1 aromatic carbocycles. The number of carbonyl (C=O) groups is 2. The molecule has 0 spiro atoms. The van der Waals surface area contributed by atoms with Gasteiger partial charge < -0.3 is 15.1 Å². The Bertz CT molecular complexity index is 713. The first-order chi connectivity index (χ1) is 10.4. The number of rotatable bonds is 4. The smallest absolute Gasteiger partial charge is 0.255 e. The number of benzene rings is 1. The topological polar surface area (TPSA) is 71.3 Å². The zero-order chi connectivity index (χ0) is 16.3. The van der Waals surface area contributed by atoms with Crippen LogP contribution < -0.4 is 10.6 Å². The Kier molecular flexibility index (Phi) is 4.55. The lowest BCUT2D eigenvalue weighted by Gasteiger charge is -2.17. The first-order valence-corrected chi connectivity index (χ1v) is 6.45. The summed E-state index contributed by atoms with van der Waals surface area (Å²) < 4.78 is 31.4. The van der Waals surface area contributed by atoms with E-state index in [1.165, 1.54) is 25.4 Å². The summed E-state index contributed by atoms with van der Waals surface area (Å²) in [5.74, 6) is -2.85. The van der Waals surface area contributed by atoms with E-state index >= 15 is 0 Å². The summed E-state index contributed by atoms with van der Waals surface area (Å²) in [5, 5.41) is 4.84. The fraction of sp³-hybridized carbons (Fsp3) is 0.200. The van der Waals surface area contributed by atoms with Crippen molar-refractivity contribution in [3.05, 3.63) is 59.1 Å². The van der Waals surface area contributed by atoms with Crippen LogP contribution in [-0.2, 0) is 4.79 Å². The SMILES string of the molecule is CNC(=O)[C@H](NC(=O)c1ccoc1C)c1ccc(F)c(F)c1. The zero-order valence-corrected chi connectivity index (χ0v) is 11.9. The van der Waals surface area contributed by atoms with Crippen molar-refractivity contribution in [2.24, 2.45) is 0 Å². The van der Waals surface area contributed by atoms with Gasteiger partial charge in [-0.25, -0.2) is 8.78 Å². The Morgan fingerprint density at radius 1 is 1.18 bits per heavy atom. The third-order valence-electron chi connectivity index (χ3n) is 3.16. The highest BCUT2D eigenvalue weighted by molar-refractivity contribution is 5.98. The van der Waals surface area contributed by atoms with E-state index in [0.29, 0.717) is 5.76 Å². The second-order valence-electron chi connectivity index (χ2n) is 4.58. The van der Waals surface area contributed by atoms with Crippen molar-refractivity contribution < 1.29 is 22.8 Å². The highest BCUT2D eigenvalue weighted by Crippen LogP contribution is 2.18. The summed E-state index contributed by atoms with van der Waals surface area (Å²) in [5.41, 5.74) is 0.393. The van der Waals surface area contributed by atoms with Crippen molar-refractivity contribution in [3.8, 4) is 0 Å². The van der Waals surface area contributed by atoms with Gasteiger partial charge in [-0.05, 0) is 30.7 Å². The lowest BCUT2D eigenvalue weighted by Crippen LogP contribution is -2.39. The van der Waals surface area contributed by atoms with Crippen molar-refractivity contribution in [1.82, 2.24) is 10.6 Å². The molecule has 0 aliphatic heterocycles. The number of aryl methyl sites for hydroxylation is 1. The van der Waals surface area contributed by atoms with Crippen LogP contribution in [-0.4, -0.2) is 18.9 Å². The third kappa shape index (κ3) is 3.13. The number of carbonyl (C=O) groups excluding carboxylic acids is 2. The summed E-state index contributed by atoms with van der Waals surface area (Å²) in [6, 6.07) is 3.31. The fourth-order valence-electron chi connectivity index (χ4n) is 1.97. The second-order valence-corrected chi connectivity index (χ2v) is 4.58. The molecule has 0 fully saturated rings. The number of hydrogen-bond acceptors (Lipinski definition) is 3. The van der Waals surface area contributed by atoms with E-state index in [1.54, 1.807) is 6.92 Å². The standard InChI is InChI=1S/C15H14F2N2O3/c1-8-10(5-6-22-8)14(20)19-13(15(21)18-2)9-3-4-11(16)12(17)7-9/h3-7,13H,1-2H3,(H,18,21)(H,19,20)/t13-/m1/s1. The lowest BCUT2D eigenvalue weighted by molar-refractivity contribution is -0.122. The van der Waals surface area contributed by atoms with E-state index in [1.807, 2.05) is 0 Å². The van der Waals surface area contributed by atoms with Gasteiger partial charge in [-0.1, -0.05) is 6.07 Å². The van der Waals surface area contributed by atoms with Crippen LogP contribution in [0.2, 0.25) is 0 Å². The molecule has 2 aromatic rings. The Morgan fingerprint density at radius 2 is 1.91 bits per heavy atom. The third-order valence-corrected chi connectivity index (χ3v) is 3.16. The largest absolute Gasteiger partial charge is 0.469 e. The highest BCUT2D eigenvalue weighted by Gasteiger charge is 2.24. The van der Waals surface area contributed by atoms with Crippen molar-refractivity contribution in [1.29, 1.82) is 0 Å². The lowest BCUT2D eigenvalue weighted by atomic mass is 10.0. The van der Waals surface area contributed by atoms with Crippen LogP contribution in [0.4, 0.5) is 8.78 Å². The minimum Gasteiger partial charge on any atom is -0.469 e. The molecule has 116 valence electrons. The van der Waals surface area contributed by atoms with Crippen LogP contribution in [0.5, 0.6) is 0 Å². The van der Waals surface area contributed by atoms with Crippen LogP contribution in [0.1, 0.15) is 27.7 Å². The molecule has 0 saturated heterocycles. The first kappa shape index (κ1) is 15.7. The minimum absolute atomic E-state index is 0.132. The van der Waals surface area contributed by atoms with E-state index in [4.69, 9.17) is 4.42 Å². The monoisotopic (exact) mass is 308 g/mol. The first-order valence-electron chi connectivity index (χ1n) is 6.45. The van der Waals surface area contributed by atoms with E-state index < -0.39 is 29.5 Å². The molecular weight excluding hydrogens is 294 g/mol. The molecule has 0 unspecified atom stereocenters. The maximum absolute atomic E-state index is 13.3. The van der Waals surface area contributed by atoms with Crippen LogP contribution in [0.3, 0.4) is 0 Å². The molecule has 0 radical (unpaired) electrons.